The van der Waals surface area contributed by atoms with E-state index in [1.54, 1.807) is 0 Å². The zero-order chi connectivity index (χ0) is 15.9. The molecule has 110 valence electrons. The molecule has 9 heteroatoms. The molecule has 1 aromatic heterocycles. The van der Waals surface area contributed by atoms with Gasteiger partial charge in [0.1, 0.15) is 0 Å². The van der Waals surface area contributed by atoms with Crippen LogP contribution in [0.5, 0.6) is 0 Å². The van der Waals surface area contributed by atoms with Gasteiger partial charge in [-0.05, 0) is 6.07 Å². The molecule has 0 amide bonds. The summed E-state index contributed by atoms with van der Waals surface area (Å²) in [7, 11) is 0. The highest BCUT2D eigenvalue weighted by atomic mass is 35.5. The lowest BCUT2D eigenvalue weighted by molar-refractivity contribution is 0.0690. The van der Waals surface area contributed by atoms with Gasteiger partial charge >= 0.3 is 5.97 Å². The number of benzene rings is 1. The third kappa shape index (κ3) is 2.42. The third-order valence-corrected chi connectivity index (χ3v) is 2.83. The molecule has 2 rings (SSSR count). The molecule has 1 N–H and O–H groups in total. The topological polar surface area (TPSA) is 50.2 Å². The fraction of sp³-hybridized carbons (Fsp3) is 0. The minimum atomic E-state index is -2.30. The van der Waals surface area contributed by atoms with Crippen LogP contribution in [-0.4, -0.2) is 16.1 Å². The van der Waals surface area contributed by atoms with Crippen molar-refractivity contribution in [2.45, 2.75) is 0 Å². The van der Waals surface area contributed by atoms with Gasteiger partial charge in [0, 0.05) is 11.8 Å². The second-order valence-corrected chi connectivity index (χ2v) is 4.21. The van der Waals surface area contributed by atoms with Crippen LogP contribution in [0.1, 0.15) is 10.5 Å². The fourth-order valence-corrected chi connectivity index (χ4v) is 1.84. The molecule has 0 spiro atoms. The van der Waals surface area contributed by atoms with Crippen LogP contribution in [0.3, 0.4) is 0 Å². The van der Waals surface area contributed by atoms with Crippen LogP contribution < -0.4 is 0 Å². The molecule has 0 aliphatic heterocycles. The molecule has 0 aliphatic carbocycles. The van der Waals surface area contributed by atoms with E-state index >= 15 is 0 Å². The first-order valence-corrected chi connectivity index (χ1v) is 5.54. The van der Waals surface area contributed by atoms with E-state index in [2.05, 4.69) is 4.98 Å². The van der Waals surface area contributed by atoms with Gasteiger partial charge in [-0.15, -0.1) is 0 Å². The van der Waals surface area contributed by atoms with Crippen LogP contribution in [0.2, 0.25) is 5.02 Å². The van der Waals surface area contributed by atoms with Gasteiger partial charge in [-0.1, -0.05) is 11.6 Å². The Bertz CT molecular complexity index is 737. The summed E-state index contributed by atoms with van der Waals surface area (Å²) in [6.45, 7) is 0. The summed E-state index contributed by atoms with van der Waals surface area (Å²) in [6.07, 6.45) is 0.646. The van der Waals surface area contributed by atoms with E-state index in [1.165, 1.54) is 0 Å². The number of carboxylic acid groups (broad SMARTS) is 1. The van der Waals surface area contributed by atoms with E-state index in [9.17, 15) is 26.7 Å². The maximum atomic E-state index is 13.6. The molecule has 0 fully saturated rings. The standard InChI is InChI=1S/C12H3ClF5NO2/c13-4-1-3(2-19-11(4)12(20)21)5-6(14)8(16)10(18)9(17)7(5)15/h1-2H,(H,20,21). The number of pyridine rings is 1. The highest BCUT2D eigenvalue weighted by Crippen LogP contribution is 2.32. The van der Waals surface area contributed by atoms with Crippen molar-refractivity contribution in [3.05, 3.63) is 52.1 Å². The molecule has 3 nitrogen and oxygen atoms in total. The molecule has 0 saturated heterocycles. The second kappa shape index (κ2) is 5.28. The Hall–Kier alpha value is -2.22. The lowest BCUT2D eigenvalue weighted by Gasteiger charge is -2.09. The first kappa shape index (κ1) is 15.2. The largest absolute Gasteiger partial charge is 0.476 e. The average Bonchev–Trinajstić information content (AvgIpc) is 2.43. The number of halogens is 6. The zero-order valence-corrected chi connectivity index (χ0v) is 10.5. The van der Waals surface area contributed by atoms with Crippen LogP contribution in [0.25, 0.3) is 11.1 Å². The lowest BCUT2D eigenvalue weighted by Crippen LogP contribution is -2.06. The Morgan fingerprint density at radius 3 is 1.90 bits per heavy atom. The van der Waals surface area contributed by atoms with Crippen molar-refractivity contribution in [3.8, 4) is 11.1 Å². The molecule has 0 atom stereocenters. The number of carbonyl (C=O) groups is 1. The van der Waals surface area contributed by atoms with Gasteiger partial charge in [-0.3, -0.25) is 0 Å². The maximum absolute atomic E-state index is 13.6. The van der Waals surface area contributed by atoms with Crippen molar-refractivity contribution in [1.82, 2.24) is 4.98 Å². The zero-order valence-electron chi connectivity index (χ0n) is 9.73. The summed E-state index contributed by atoms with van der Waals surface area (Å²) in [5.41, 5.74) is -2.40. The number of nitrogens with zero attached hydrogens (tertiary/aromatic N) is 1. The predicted octanol–water partition coefficient (Wildman–Crippen LogP) is 3.80. The Balaban J connectivity index is 2.74. The molecule has 0 radical (unpaired) electrons. The molecular weight excluding hydrogens is 321 g/mol. The van der Waals surface area contributed by atoms with Crippen molar-refractivity contribution >= 4 is 17.6 Å². The minimum absolute atomic E-state index is 0.510. The van der Waals surface area contributed by atoms with Gasteiger partial charge in [0.2, 0.25) is 5.82 Å². The van der Waals surface area contributed by atoms with Gasteiger partial charge in [-0.2, -0.15) is 0 Å². The number of hydrogen-bond donors (Lipinski definition) is 1. The highest BCUT2D eigenvalue weighted by molar-refractivity contribution is 6.33. The SMILES string of the molecule is O=C(O)c1ncc(-c2c(F)c(F)c(F)c(F)c2F)cc1Cl. The first-order chi connectivity index (χ1) is 9.75. The summed E-state index contributed by atoms with van der Waals surface area (Å²) in [5, 5.41) is 8.19. The Morgan fingerprint density at radius 1 is 1.00 bits per heavy atom. The van der Waals surface area contributed by atoms with Crippen molar-refractivity contribution < 1.29 is 31.9 Å². The summed E-state index contributed by atoms with van der Waals surface area (Å²) >= 11 is 5.54. The fourth-order valence-electron chi connectivity index (χ4n) is 1.59. The van der Waals surface area contributed by atoms with Crippen molar-refractivity contribution in [2.24, 2.45) is 0 Å². The summed E-state index contributed by atoms with van der Waals surface area (Å²) in [6, 6.07) is 0.746. The normalized spacial score (nSPS) is 10.8. The molecule has 2 aromatic rings. The molecule has 0 aliphatic rings. The molecular formula is C12H3ClF5NO2. The number of hydrogen-bond acceptors (Lipinski definition) is 2. The van der Waals surface area contributed by atoms with Crippen molar-refractivity contribution in [2.75, 3.05) is 0 Å². The van der Waals surface area contributed by atoms with Gasteiger partial charge in [-0.25, -0.2) is 31.7 Å². The lowest BCUT2D eigenvalue weighted by atomic mass is 10.0. The summed E-state index contributed by atoms with van der Waals surface area (Å²) in [4.78, 5) is 14.0. The van der Waals surface area contributed by atoms with E-state index in [4.69, 9.17) is 16.7 Å². The number of carboxylic acids is 1. The van der Waals surface area contributed by atoms with Crippen molar-refractivity contribution in [3.63, 3.8) is 0 Å². The van der Waals surface area contributed by atoms with Crippen LogP contribution >= 0.6 is 11.6 Å². The molecule has 1 heterocycles. The van der Waals surface area contributed by atoms with E-state index in [0.29, 0.717) is 6.20 Å². The van der Waals surface area contributed by atoms with E-state index in [-0.39, 0.29) is 0 Å². The van der Waals surface area contributed by atoms with Crippen molar-refractivity contribution in [1.29, 1.82) is 0 Å². The number of aromatic carboxylic acids is 1. The van der Waals surface area contributed by atoms with Gasteiger partial charge in [0.25, 0.3) is 0 Å². The number of rotatable bonds is 2. The van der Waals surface area contributed by atoms with Gasteiger partial charge in [0.15, 0.2) is 29.0 Å². The third-order valence-electron chi connectivity index (χ3n) is 2.54. The predicted molar refractivity (Wildman–Crippen MR) is 61.4 cm³/mol. The maximum Gasteiger partial charge on any atom is 0.356 e. The molecule has 1 aromatic carbocycles. The summed E-state index contributed by atoms with van der Waals surface area (Å²) in [5.74, 6) is -12.2. The Kier molecular flexibility index (Phi) is 3.82. The molecule has 0 bridgehead atoms. The van der Waals surface area contributed by atoms with Crippen LogP contribution in [0.15, 0.2) is 12.3 Å². The monoisotopic (exact) mass is 323 g/mol. The number of aromatic nitrogens is 1. The Labute approximate surface area is 118 Å². The first-order valence-electron chi connectivity index (χ1n) is 5.16. The quantitative estimate of drug-likeness (QED) is 0.519. The van der Waals surface area contributed by atoms with E-state index in [0.717, 1.165) is 6.07 Å². The minimum Gasteiger partial charge on any atom is -0.476 e. The molecule has 0 unspecified atom stereocenters. The van der Waals surface area contributed by atoms with E-state index in [1.807, 2.05) is 0 Å². The second-order valence-electron chi connectivity index (χ2n) is 3.80. The highest BCUT2D eigenvalue weighted by Gasteiger charge is 2.27. The van der Waals surface area contributed by atoms with E-state index < -0.39 is 56.9 Å². The van der Waals surface area contributed by atoms with Crippen LogP contribution in [-0.2, 0) is 0 Å². The Morgan fingerprint density at radius 2 is 1.48 bits per heavy atom. The summed E-state index contributed by atoms with van der Waals surface area (Å²) < 4.78 is 66.2. The van der Waals surface area contributed by atoms with Gasteiger partial charge in [0.05, 0.1) is 10.6 Å². The van der Waals surface area contributed by atoms with Gasteiger partial charge < -0.3 is 5.11 Å². The molecule has 0 saturated carbocycles. The average molecular weight is 324 g/mol. The molecule has 21 heavy (non-hydrogen) atoms. The van der Waals surface area contributed by atoms with Crippen LogP contribution in [0, 0.1) is 29.1 Å². The van der Waals surface area contributed by atoms with Crippen LogP contribution in [0.4, 0.5) is 22.0 Å². The smallest absolute Gasteiger partial charge is 0.356 e.